The van der Waals surface area contributed by atoms with Crippen LogP contribution in [0.15, 0.2) is 0 Å². The Balaban J connectivity index is 1.67. The summed E-state index contributed by atoms with van der Waals surface area (Å²) in [6.45, 7) is 11.2. The lowest BCUT2D eigenvalue weighted by molar-refractivity contribution is -0.154. The van der Waals surface area contributed by atoms with E-state index in [9.17, 15) is 10.1 Å². The second-order valence-electron chi connectivity index (χ2n) is 10.6. The van der Waals surface area contributed by atoms with Crippen molar-refractivity contribution in [2.45, 2.75) is 71.1 Å². The molecule has 2 fully saturated rings. The maximum Gasteiger partial charge on any atom is 0.239 e. The zero-order valence-corrected chi connectivity index (χ0v) is 20.8. The molecule has 0 radical (unpaired) electrons. The summed E-state index contributed by atoms with van der Waals surface area (Å²) >= 11 is 0. The highest BCUT2D eigenvalue weighted by atomic mass is 16.7. The topological polar surface area (TPSA) is 81.9 Å². The van der Waals surface area contributed by atoms with Crippen molar-refractivity contribution >= 4 is 11.7 Å². The third-order valence-electron chi connectivity index (χ3n) is 7.19. The number of hydrogen-bond acceptors (Lipinski definition) is 7. The molecule has 1 aliphatic carbocycles. The molecule has 4 rings (SSSR count). The number of fused-ring (bicyclic) bond motifs is 1. The number of aromatic nitrogens is 1. The third kappa shape index (κ3) is 4.86. The molecule has 0 aromatic carbocycles. The molecule has 1 saturated carbocycles. The number of piperazine rings is 1. The van der Waals surface area contributed by atoms with Gasteiger partial charge in [-0.15, -0.1) is 0 Å². The normalized spacial score (nSPS) is 22.5. The fourth-order valence-corrected chi connectivity index (χ4v) is 5.05. The van der Waals surface area contributed by atoms with Gasteiger partial charge in [0.2, 0.25) is 5.91 Å². The summed E-state index contributed by atoms with van der Waals surface area (Å²) in [7, 11) is 3.33. The van der Waals surface area contributed by atoms with Crippen molar-refractivity contribution < 1.29 is 14.4 Å². The van der Waals surface area contributed by atoms with Gasteiger partial charge in [0, 0.05) is 44.6 Å². The summed E-state index contributed by atoms with van der Waals surface area (Å²) in [5.74, 6) is 1.61. The molecular formula is C25H37N5O3. The van der Waals surface area contributed by atoms with Crippen molar-refractivity contribution in [3.8, 4) is 6.07 Å². The van der Waals surface area contributed by atoms with Crippen molar-refractivity contribution in [1.29, 1.82) is 5.26 Å². The summed E-state index contributed by atoms with van der Waals surface area (Å²) in [4.78, 5) is 27.4. The summed E-state index contributed by atoms with van der Waals surface area (Å²) in [5.41, 5.74) is 3.76. The van der Waals surface area contributed by atoms with E-state index in [4.69, 9.17) is 14.6 Å². The Morgan fingerprint density at radius 2 is 2.06 bits per heavy atom. The Kier molecular flexibility index (Phi) is 6.68. The largest absolute Gasteiger partial charge is 0.370 e. The molecule has 1 saturated heterocycles. The van der Waals surface area contributed by atoms with Gasteiger partial charge in [-0.1, -0.05) is 13.8 Å². The number of rotatable bonds is 6. The number of nitriles is 1. The number of carbonyl (C=O) groups excluding carboxylic acids is 1. The Hall–Kier alpha value is -2.21. The van der Waals surface area contributed by atoms with Crippen molar-refractivity contribution in [3.63, 3.8) is 0 Å². The van der Waals surface area contributed by atoms with Gasteiger partial charge >= 0.3 is 0 Å². The van der Waals surface area contributed by atoms with Crippen LogP contribution in [-0.2, 0) is 27.4 Å². The van der Waals surface area contributed by atoms with Crippen LogP contribution >= 0.6 is 0 Å². The number of hydrogen-bond donors (Lipinski definition) is 0. The molecule has 0 unspecified atom stereocenters. The van der Waals surface area contributed by atoms with E-state index in [-0.39, 0.29) is 30.0 Å². The van der Waals surface area contributed by atoms with Gasteiger partial charge in [0.1, 0.15) is 18.4 Å². The number of pyridine rings is 1. The number of amides is 1. The first-order valence-corrected chi connectivity index (χ1v) is 12.0. The van der Waals surface area contributed by atoms with E-state index in [1.807, 2.05) is 4.90 Å². The van der Waals surface area contributed by atoms with Crippen LogP contribution in [0.5, 0.6) is 0 Å². The number of hydroxylamine groups is 2. The molecule has 3 aliphatic rings. The van der Waals surface area contributed by atoms with Crippen molar-refractivity contribution in [2.75, 3.05) is 45.2 Å². The molecular weight excluding hydrogens is 418 g/mol. The minimum atomic E-state index is -0.295. The van der Waals surface area contributed by atoms with Crippen LogP contribution in [0.2, 0.25) is 0 Å². The molecule has 180 valence electrons. The van der Waals surface area contributed by atoms with E-state index in [2.05, 4.69) is 38.7 Å². The quantitative estimate of drug-likeness (QED) is 0.610. The minimum absolute atomic E-state index is 0.0463. The molecule has 8 heteroatoms. The van der Waals surface area contributed by atoms with Gasteiger partial charge in [0.15, 0.2) is 0 Å². The first kappa shape index (κ1) is 23.9. The molecule has 33 heavy (non-hydrogen) atoms. The predicted octanol–water partition coefficient (Wildman–Crippen LogP) is 2.85. The molecule has 2 aliphatic heterocycles. The molecule has 0 spiro atoms. The monoisotopic (exact) mass is 455 g/mol. The van der Waals surface area contributed by atoms with E-state index in [0.717, 1.165) is 41.9 Å². The first-order valence-electron chi connectivity index (χ1n) is 12.0. The van der Waals surface area contributed by atoms with Crippen LogP contribution in [0, 0.1) is 17.2 Å². The minimum Gasteiger partial charge on any atom is -0.370 e. The van der Waals surface area contributed by atoms with Crippen molar-refractivity contribution in [1.82, 2.24) is 14.9 Å². The number of likely N-dealkylation sites (N-methyl/N-ethyl adjacent to an activating group) is 1. The summed E-state index contributed by atoms with van der Waals surface area (Å²) in [5, 5.41) is 11.8. The zero-order valence-electron chi connectivity index (χ0n) is 20.8. The first-order chi connectivity index (χ1) is 15.6. The summed E-state index contributed by atoms with van der Waals surface area (Å²) < 4.78 is 6.10. The third-order valence-corrected chi connectivity index (χ3v) is 7.19. The lowest BCUT2D eigenvalue weighted by atomic mass is 9.87. The Labute approximate surface area is 197 Å². The molecule has 1 aromatic rings. The molecule has 1 aromatic heterocycles. The van der Waals surface area contributed by atoms with E-state index in [1.54, 1.807) is 19.2 Å². The van der Waals surface area contributed by atoms with Crippen LogP contribution in [0.1, 0.15) is 68.8 Å². The van der Waals surface area contributed by atoms with Crippen LogP contribution < -0.4 is 4.90 Å². The van der Waals surface area contributed by atoms with Crippen LogP contribution in [0.25, 0.3) is 0 Å². The molecule has 1 atom stereocenters. The SMILES string of the molecule is CON(C)CC(=O)N1CCN(c2nc(C3CC3)c3c(c2C#N)CC(C)(C)OC3)C[C@H]1C(C)C. The zero-order chi connectivity index (χ0) is 23.9. The standard InChI is InChI=1S/C25H37N5O3/c1-16(2)21-13-29(9-10-30(21)22(31)14-28(5)32-6)24-19(12-26)18-11-25(3,4)33-15-20(18)23(27-24)17-7-8-17/h16-17,21H,7-11,13-15H2,1-6H3/t21-/m0/s1. The van der Waals surface area contributed by atoms with Gasteiger partial charge in [-0.05, 0) is 38.2 Å². The van der Waals surface area contributed by atoms with Gasteiger partial charge in [-0.25, -0.2) is 4.98 Å². The van der Waals surface area contributed by atoms with E-state index in [1.165, 1.54) is 0 Å². The van der Waals surface area contributed by atoms with Crippen molar-refractivity contribution in [2.24, 2.45) is 5.92 Å². The number of anilines is 1. The highest BCUT2D eigenvalue weighted by molar-refractivity contribution is 5.79. The maximum atomic E-state index is 13.0. The van der Waals surface area contributed by atoms with Gasteiger partial charge in [0.05, 0.1) is 36.6 Å². The Morgan fingerprint density at radius 3 is 2.67 bits per heavy atom. The molecule has 8 nitrogen and oxygen atoms in total. The van der Waals surface area contributed by atoms with Crippen LogP contribution in [-0.4, -0.2) is 72.8 Å². The molecule has 0 N–H and O–H groups in total. The second-order valence-corrected chi connectivity index (χ2v) is 10.6. The fraction of sp³-hybridized carbons (Fsp3) is 0.720. The van der Waals surface area contributed by atoms with Gasteiger partial charge in [-0.2, -0.15) is 10.3 Å². The highest BCUT2D eigenvalue weighted by Crippen LogP contribution is 2.46. The summed E-state index contributed by atoms with van der Waals surface area (Å²) in [6.07, 6.45) is 3.02. The van der Waals surface area contributed by atoms with Crippen LogP contribution in [0.3, 0.4) is 0 Å². The lowest BCUT2D eigenvalue weighted by Gasteiger charge is -2.45. The van der Waals surface area contributed by atoms with Gasteiger partial charge < -0.3 is 19.4 Å². The average molecular weight is 456 g/mol. The summed E-state index contributed by atoms with van der Waals surface area (Å²) in [6, 6.07) is 2.54. The van der Waals surface area contributed by atoms with Crippen molar-refractivity contribution in [3.05, 3.63) is 22.4 Å². The van der Waals surface area contributed by atoms with E-state index in [0.29, 0.717) is 37.7 Å². The number of nitrogens with zero attached hydrogens (tertiary/aromatic N) is 5. The average Bonchev–Trinajstić information content (AvgIpc) is 3.62. The fourth-order valence-electron chi connectivity index (χ4n) is 5.05. The molecule has 3 heterocycles. The molecule has 1 amide bonds. The highest BCUT2D eigenvalue weighted by Gasteiger charge is 2.39. The number of ether oxygens (including phenoxy) is 1. The lowest BCUT2D eigenvalue weighted by Crippen LogP contribution is -2.59. The predicted molar refractivity (Wildman–Crippen MR) is 126 cm³/mol. The van der Waals surface area contributed by atoms with Gasteiger partial charge in [0.25, 0.3) is 0 Å². The second kappa shape index (κ2) is 9.21. The maximum absolute atomic E-state index is 13.0. The van der Waals surface area contributed by atoms with E-state index >= 15 is 0 Å². The Bertz CT molecular complexity index is 950. The Morgan fingerprint density at radius 1 is 1.33 bits per heavy atom. The van der Waals surface area contributed by atoms with Crippen LogP contribution in [0.4, 0.5) is 5.82 Å². The van der Waals surface area contributed by atoms with E-state index < -0.39 is 0 Å². The molecule has 0 bridgehead atoms. The smallest absolute Gasteiger partial charge is 0.239 e. The number of carbonyl (C=O) groups is 1. The van der Waals surface area contributed by atoms with Gasteiger partial charge in [-0.3, -0.25) is 4.79 Å².